The second kappa shape index (κ2) is 8.23. The molecule has 4 aromatic rings. The van der Waals surface area contributed by atoms with E-state index in [0.29, 0.717) is 21.5 Å². The molecule has 0 spiro atoms. The number of rotatable bonds is 6. The molecular weight excluding hydrogens is 410 g/mol. The maximum atomic E-state index is 11.7. The molecule has 0 amide bonds. The predicted octanol–water partition coefficient (Wildman–Crippen LogP) is 5.49. The molecule has 2 aromatic heterocycles. The second-order valence-corrected chi connectivity index (χ2v) is 7.98. The highest BCUT2D eigenvalue weighted by atomic mass is 35.5. The molecule has 0 atom stereocenters. The highest BCUT2D eigenvalue weighted by Crippen LogP contribution is 2.29. The summed E-state index contributed by atoms with van der Waals surface area (Å²) in [5.74, 6) is 0.677. The fourth-order valence-corrected chi connectivity index (χ4v) is 3.76. The number of ether oxygens (including phenoxy) is 1. The summed E-state index contributed by atoms with van der Waals surface area (Å²) >= 11 is 7.31. The minimum Gasteiger partial charge on any atom is -0.486 e. The van der Waals surface area contributed by atoms with Crippen LogP contribution < -0.4 is 15.7 Å². The van der Waals surface area contributed by atoms with Gasteiger partial charge in [0, 0.05) is 28.2 Å². The number of anilines is 2. The van der Waals surface area contributed by atoms with E-state index in [1.54, 1.807) is 18.2 Å². The number of fused-ring (bicyclic) bond motifs is 1. The maximum absolute atomic E-state index is 11.7. The zero-order valence-electron chi connectivity index (χ0n) is 15.9. The lowest BCUT2D eigenvalue weighted by molar-refractivity contribution is 0.301. The number of halogens is 1. The van der Waals surface area contributed by atoms with Gasteiger partial charge in [-0.25, -0.2) is 4.79 Å². The quantitative estimate of drug-likeness (QED) is 0.410. The van der Waals surface area contributed by atoms with Gasteiger partial charge in [0.25, 0.3) is 0 Å². The van der Waals surface area contributed by atoms with E-state index in [4.69, 9.17) is 20.8 Å². The third-order valence-corrected chi connectivity index (χ3v) is 5.49. The highest BCUT2D eigenvalue weighted by molar-refractivity contribution is 7.15. The van der Waals surface area contributed by atoms with Crippen molar-refractivity contribution in [3.63, 3.8) is 0 Å². The van der Waals surface area contributed by atoms with Crippen molar-refractivity contribution in [2.24, 2.45) is 0 Å². The van der Waals surface area contributed by atoms with Crippen LogP contribution in [-0.2, 0) is 13.0 Å². The van der Waals surface area contributed by atoms with E-state index in [-0.39, 0.29) is 12.2 Å². The van der Waals surface area contributed by atoms with Crippen LogP contribution in [0.25, 0.3) is 11.0 Å². The molecule has 1 N–H and O–H groups in total. The molecule has 0 radical (unpaired) electrons. The molecule has 0 aliphatic carbocycles. The van der Waals surface area contributed by atoms with E-state index < -0.39 is 0 Å². The van der Waals surface area contributed by atoms with Gasteiger partial charge in [0.15, 0.2) is 5.01 Å². The molecule has 2 heterocycles. The SMILES string of the molecule is CCc1cc2c(C)cc(=O)oc2cc1OCc1nnc(Nc2ccc(Cl)cc2)s1. The molecular formula is C21H18ClN3O3S. The van der Waals surface area contributed by atoms with E-state index in [2.05, 4.69) is 22.4 Å². The Kier molecular flexibility index (Phi) is 5.51. The summed E-state index contributed by atoms with van der Waals surface area (Å²) in [6.07, 6.45) is 0.795. The Hall–Kier alpha value is -2.90. The molecule has 2 aromatic carbocycles. The number of hydrogen-bond donors (Lipinski definition) is 1. The van der Waals surface area contributed by atoms with Gasteiger partial charge in [-0.2, -0.15) is 0 Å². The number of nitrogens with one attached hydrogen (secondary N) is 1. The first-order valence-electron chi connectivity index (χ1n) is 9.07. The summed E-state index contributed by atoms with van der Waals surface area (Å²) in [5, 5.41) is 14.5. The van der Waals surface area contributed by atoms with Crippen molar-refractivity contribution in [3.8, 4) is 5.75 Å². The van der Waals surface area contributed by atoms with Gasteiger partial charge in [0.2, 0.25) is 5.13 Å². The average Bonchev–Trinajstić information content (AvgIpc) is 3.14. The third kappa shape index (κ3) is 4.41. The lowest BCUT2D eigenvalue weighted by Gasteiger charge is -2.11. The summed E-state index contributed by atoms with van der Waals surface area (Å²) in [5.41, 5.74) is 2.96. The maximum Gasteiger partial charge on any atom is 0.336 e. The standard InChI is InChI=1S/C21H18ClN3O3S/c1-3-13-9-16-12(2)8-20(26)28-18(16)10-17(13)27-11-19-24-25-21(29-19)23-15-6-4-14(22)5-7-15/h4-10H,3,11H2,1-2H3,(H,23,25). The first-order chi connectivity index (χ1) is 14.0. The summed E-state index contributed by atoms with van der Waals surface area (Å²) < 4.78 is 11.3. The smallest absolute Gasteiger partial charge is 0.336 e. The Balaban J connectivity index is 1.51. The van der Waals surface area contributed by atoms with Crippen LogP contribution >= 0.6 is 22.9 Å². The van der Waals surface area contributed by atoms with Crippen LogP contribution in [0.15, 0.2) is 51.7 Å². The van der Waals surface area contributed by atoms with Gasteiger partial charge in [-0.3, -0.25) is 0 Å². The van der Waals surface area contributed by atoms with Gasteiger partial charge >= 0.3 is 5.63 Å². The normalized spacial score (nSPS) is 11.0. The minimum absolute atomic E-state index is 0.272. The molecule has 8 heteroatoms. The fraction of sp³-hybridized carbons (Fsp3) is 0.190. The number of hydrogen-bond acceptors (Lipinski definition) is 7. The largest absolute Gasteiger partial charge is 0.486 e. The van der Waals surface area contributed by atoms with Gasteiger partial charge in [-0.05, 0) is 54.8 Å². The highest BCUT2D eigenvalue weighted by Gasteiger charge is 2.11. The van der Waals surface area contributed by atoms with Crippen LogP contribution in [0.2, 0.25) is 5.02 Å². The summed E-state index contributed by atoms with van der Waals surface area (Å²) in [6.45, 7) is 4.23. The lowest BCUT2D eigenvalue weighted by atomic mass is 10.1. The number of aromatic nitrogens is 2. The van der Waals surface area contributed by atoms with Crippen LogP contribution in [0.4, 0.5) is 10.8 Å². The topological polar surface area (TPSA) is 77.2 Å². The zero-order chi connectivity index (χ0) is 20.4. The van der Waals surface area contributed by atoms with E-state index in [9.17, 15) is 4.79 Å². The first-order valence-corrected chi connectivity index (χ1v) is 10.3. The molecule has 4 rings (SSSR count). The monoisotopic (exact) mass is 427 g/mol. The van der Waals surface area contributed by atoms with Crippen molar-refractivity contribution >= 4 is 44.7 Å². The first kappa shape index (κ1) is 19.4. The Morgan fingerprint density at radius 2 is 1.97 bits per heavy atom. The Bertz CT molecular complexity index is 1220. The summed E-state index contributed by atoms with van der Waals surface area (Å²) in [7, 11) is 0. The molecule has 0 fully saturated rings. The molecule has 0 saturated carbocycles. The number of aryl methyl sites for hydroxylation is 2. The summed E-state index contributed by atoms with van der Waals surface area (Å²) in [4.78, 5) is 11.7. The van der Waals surface area contributed by atoms with Crippen molar-refractivity contribution in [2.75, 3.05) is 5.32 Å². The summed E-state index contributed by atoms with van der Waals surface area (Å²) in [6, 6.07) is 12.6. The zero-order valence-corrected chi connectivity index (χ0v) is 17.4. The van der Waals surface area contributed by atoms with Gasteiger partial charge in [0.1, 0.15) is 17.9 Å². The van der Waals surface area contributed by atoms with E-state index in [1.165, 1.54) is 17.4 Å². The van der Waals surface area contributed by atoms with E-state index in [0.717, 1.165) is 33.6 Å². The Morgan fingerprint density at radius 3 is 2.72 bits per heavy atom. The molecule has 0 aliphatic rings. The van der Waals surface area contributed by atoms with E-state index in [1.807, 2.05) is 25.1 Å². The second-order valence-electron chi connectivity index (χ2n) is 6.48. The molecule has 29 heavy (non-hydrogen) atoms. The van der Waals surface area contributed by atoms with Crippen LogP contribution in [-0.4, -0.2) is 10.2 Å². The van der Waals surface area contributed by atoms with Gasteiger partial charge in [-0.1, -0.05) is 29.9 Å². The number of benzene rings is 2. The van der Waals surface area contributed by atoms with Crippen LogP contribution in [0.3, 0.4) is 0 Å². The predicted molar refractivity (Wildman–Crippen MR) is 116 cm³/mol. The third-order valence-electron chi connectivity index (χ3n) is 4.43. The molecule has 0 unspecified atom stereocenters. The van der Waals surface area contributed by atoms with Crippen molar-refractivity contribution in [1.82, 2.24) is 10.2 Å². The fourth-order valence-electron chi connectivity index (χ4n) is 2.96. The number of nitrogens with zero attached hydrogens (tertiary/aromatic N) is 2. The van der Waals surface area contributed by atoms with Crippen molar-refractivity contribution < 1.29 is 9.15 Å². The average molecular weight is 428 g/mol. The molecule has 0 saturated heterocycles. The molecule has 6 nitrogen and oxygen atoms in total. The van der Waals surface area contributed by atoms with Crippen molar-refractivity contribution in [1.29, 1.82) is 0 Å². The van der Waals surface area contributed by atoms with Crippen LogP contribution in [0, 0.1) is 6.92 Å². The van der Waals surface area contributed by atoms with Gasteiger partial charge in [0.05, 0.1) is 0 Å². The van der Waals surface area contributed by atoms with Gasteiger partial charge in [-0.15, -0.1) is 10.2 Å². The Labute approximate surface area is 176 Å². The van der Waals surface area contributed by atoms with E-state index >= 15 is 0 Å². The molecule has 0 aliphatic heterocycles. The van der Waals surface area contributed by atoms with Crippen molar-refractivity contribution in [2.45, 2.75) is 26.9 Å². The van der Waals surface area contributed by atoms with Crippen LogP contribution in [0.5, 0.6) is 5.75 Å². The Morgan fingerprint density at radius 1 is 1.17 bits per heavy atom. The van der Waals surface area contributed by atoms with Crippen molar-refractivity contribution in [3.05, 3.63) is 74.0 Å². The lowest BCUT2D eigenvalue weighted by Crippen LogP contribution is -2.01. The van der Waals surface area contributed by atoms with Crippen LogP contribution in [0.1, 0.15) is 23.1 Å². The van der Waals surface area contributed by atoms with Gasteiger partial charge < -0.3 is 14.5 Å². The molecule has 148 valence electrons. The molecule has 0 bridgehead atoms. The minimum atomic E-state index is -0.368.